The zero-order valence-corrected chi connectivity index (χ0v) is 27.7. The molecule has 0 saturated carbocycles. The smallest absolute Gasteiger partial charge is 0.329 e. The highest BCUT2D eigenvalue weighted by molar-refractivity contribution is 6.00. The molecule has 11 heteroatoms. The van der Waals surface area contributed by atoms with Crippen molar-refractivity contribution in [1.82, 2.24) is 24.2 Å². The highest BCUT2D eigenvalue weighted by Gasteiger charge is 2.38. The number of halogens is 1. The summed E-state index contributed by atoms with van der Waals surface area (Å²) in [7, 11) is 3.21. The number of carbonyl (C=O) groups excluding carboxylic acids is 2. The number of aryl methyl sites for hydroxylation is 1. The molecule has 3 aromatic rings. The molecule has 3 saturated heterocycles. The molecule has 2 unspecified atom stereocenters. The van der Waals surface area contributed by atoms with E-state index < -0.39 is 23.5 Å². The Morgan fingerprint density at radius 3 is 2.41 bits per heavy atom. The molecule has 3 aliphatic rings. The van der Waals surface area contributed by atoms with Gasteiger partial charge in [-0.1, -0.05) is 32.9 Å². The maximum atomic E-state index is 15.9. The van der Waals surface area contributed by atoms with E-state index in [-0.39, 0.29) is 36.8 Å². The molecule has 2 atom stereocenters. The summed E-state index contributed by atoms with van der Waals surface area (Å²) in [5.41, 5.74) is 1.77. The summed E-state index contributed by atoms with van der Waals surface area (Å²) in [6.07, 6.45) is 2.17. The van der Waals surface area contributed by atoms with Gasteiger partial charge in [0.05, 0.1) is 30.4 Å². The molecule has 10 nitrogen and oxygen atoms in total. The van der Waals surface area contributed by atoms with E-state index in [1.807, 2.05) is 0 Å². The van der Waals surface area contributed by atoms with Crippen molar-refractivity contribution in [3.8, 4) is 5.75 Å². The average Bonchev–Trinajstić information content (AvgIpc) is 3.28. The van der Waals surface area contributed by atoms with Gasteiger partial charge in [-0.2, -0.15) is 0 Å². The second-order valence-corrected chi connectivity index (χ2v) is 14.2. The summed E-state index contributed by atoms with van der Waals surface area (Å²) < 4.78 is 32.3. The van der Waals surface area contributed by atoms with Gasteiger partial charge in [-0.3, -0.25) is 23.6 Å². The number of anilines is 1. The molecule has 3 aliphatic heterocycles. The van der Waals surface area contributed by atoms with E-state index in [1.165, 1.54) is 20.1 Å². The van der Waals surface area contributed by atoms with Crippen molar-refractivity contribution >= 4 is 28.5 Å². The molecule has 1 N–H and O–H groups in total. The normalized spacial score (nSPS) is 23.0. The van der Waals surface area contributed by atoms with Gasteiger partial charge in [-0.25, -0.2) is 9.18 Å². The molecule has 0 bridgehead atoms. The van der Waals surface area contributed by atoms with E-state index in [2.05, 4.69) is 30.6 Å². The number of imide groups is 1. The van der Waals surface area contributed by atoms with Gasteiger partial charge in [0.25, 0.3) is 5.91 Å². The zero-order chi connectivity index (χ0) is 33.6. The number of nitrogens with zero attached hydrogens (tertiary/aromatic N) is 5. The van der Waals surface area contributed by atoms with E-state index in [1.54, 1.807) is 49.8 Å². The Hall–Kier alpha value is -3.70. The molecule has 46 heavy (non-hydrogen) atoms. The number of rotatable bonds is 7. The number of carbonyl (C=O) groups is 2. The second kappa shape index (κ2) is 12.8. The summed E-state index contributed by atoms with van der Waals surface area (Å²) in [6, 6.07) is 9.54. The molecule has 0 spiro atoms. The molecule has 2 aromatic carbocycles. The van der Waals surface area contributed by atoms with Gasteiger partial charge in [0.1, 0.15) is 19.0 Å². The number of fused-ring (bicyclic) bond motifs is 1. The SMILES string of the molecule is [2H]N1CCN(CC2CCN(c3cc4c(cc3F)n(C3CCC(=O)N(Cc5ccc(OC)cc5)C3=O)c(=O)n4C)CC2)CC1C(C)(C)C. The molecule has 248 valence electrons. The van der Waals surface area contributed by atoms with E-state index >= 15 is 4.39 Å². The Morgan fingerprint density at radius 1 is 1.02 bits per heavy atom. The van der Waals surface area contributed by atoms with Crippen LogP contribution in [0.5, 0.6) is 5.75 Å². The summed E-state index contributed by atoms with van der Waals surface area (Å²) in [5.74, 6) is -0.00696. The lowest BCUT2D eigenvalue weighted by Gasteiger charge is -2.43. The summed E-state index contributed by atoms with van der Waals surface area (Å²) >= 11 is 0. The van der Waals surface area contributed by atoms with Crippen molar-refractivity contribution in [1.29, 1.82) is 0 Å². The average molecular weight is 636 g/mol. The van der Waals surface area contributed by atoms with Gasteiger partial charge >= 0.3 is 5.69 Å². The third kappa shape index (κ3) is 6.31. The lowest BCUT2D eigenvalue weighted by molar-refractivity contribution is -0.151. The van der Waals surface area contributed by atoms with Gasteiger partial charge in [-0.15, -0.1) is 0 Å². The highest BCUT2D eigenvalue weighted by Crippen LogP contribution is 2.33. The maximum absolute atomic E-state index is 15.9. The minimum atomic E-state index is -0.905. The van der Waals surface area contributed by atoms with Crippen LogP contribution < -0.4 is 20.6 Å². The van der Waals surface area contributed by atoms with E-state index in [4.69, 9.17) is 6.15 Å². The molecular formula is C35H47FN6O4. The number of likely N-dealkylation sites (tertiary alicyclic amines) is 1. The third-order valence-electron chi connectivity index (χ3n) is 10.1. The Balaban J connectivity index is 1.17. The van der Waals surface area contributed by atoms with Crippen molar-refractivity contribution < 1.29 is 20.1 Å². The van der Waals surface area contributed by atoms with Crippen molar-refractivity contribution in [2.24, 2.45) is 18.4 Å². The lowest BCUT2D eigenvalue weighted by atomic mass is 9.85. The number of methoxy groups -OCH3 is 1. The van der Waals surface area contributed by atoms with Crippen molar-refractivity contribution in [2.75, 3.05) is 51.3 Å². The second-order valence-electron chi connectivity index (χ2n) is 14.2. The van der Waals surface area contributed by atoms with Crippen molar-refractivity contribution in [2.45, 2.75) is 65.1 Å². The van der Waals surface area contributed by atoms with Gasteiger partial charge in [0.2, 0.25) is 5.91 Å². The van der Waals surface area contributed by atoms with Crippen molar-refractivity contribution in [3.05, 3.63) is 58.3 Å². The standard InChI is InChI=1S/C35H47FN6O4/c1-35(2,3)31-22-39(17-14-37-31)20-24-12-15-40(16-13-24)28-19-29-30(18-26(28)36)42(34(45)38(29)4)27-10-11-32(43)41(33(27)44)21-23-6-8-25(46-5)9-7-23/h6-9,18-19,24,27,31,37H,10-17,20-22H2,1-5H3/i/hD. The van der Waals surface area contributed by atoms with Gasteiger partial charge in [0.15, 0.2) is 0 Å². The van der Waals surface area contributed by atoms with E-state index in [0.717, 1.165) is 44.6 Å². The first-order valence-corrected chi connectivity index (χ1v) is 16.5. The Labute approximate surface area is 271 Å². The molecule has 2 amide bonds. The van der Waals surface area contributed by atoms with E-state index in [9.17, 15) is 14.4 Å². The van der Waals surface area contributed by atoms with Gasteiger partial charge in [0, 0.05) is 64.8 Å². The van der Waals surface area contributed by atoms with Crippen LogP contribution in [-0.4, -0.2) is 83.2 Å². The molecule has 0 aliphatic carbocycles. The van der Waals surface area contributed by atoms with E-state index in [0.29, 0.717) is 41.5 Å². The molecule has 4 heterocycles. The van der Waals surface area contributed by atoms with Crippen LogP contribution in [0.4, 0.5) is 10.1 Å². The third-order valence-corrected chi connectivity index (χ3v) is 10.1. The molecule has 1 aromatic heterocycles. The number of imidazole rings is 1. The number of piperazine rings is 1. The first-order valence-electron chi connectivity index (χ1n) is 16.9. The Morgan fingerprint density at radius 2 is 1.74 bits per heavy atom. The number of aromatic nitrogens is 2. The number of hydrogen-bond acceptors (Lipinski definition) is 7. The first-order chi connectivity index (χ1) is 22.3. The predicted molar refractivity (Wildman–Crippen MR) is 177 cm³/mol. The fourth-order valence-corrected chi connectivity index (χ4v) is 7.24. The number of ether oxygens (including phenoxy) is 1. The Bertz CT molecular complexity index is 1690. The Kier molecular flexibility index (Phi) is 8.63. The van der Waals surface area contributed by atoms with Crippen LogP contribution in [0.2, 0.25) is 1.41 Å². The monoisotopic (exact) mass is 635 g/mol. The van der Waals surface area contributed by atoms with Crippen LogP contribution in [0.15, 0.2) is 41.2 Å². The molecule has 3 fully saturated rings. The minimum absolute atomic E-state index is 0.0390. The highest BCUT2D eigenvalue weighted by atomic mass is 19.1. The van der Waals surface area contributed by atoms with Crippen LogP contribution in [0.25, 0.3) is 11.0 Å². The van der Waals surface area contributed by atoms with Crippen molar-refractivity contribution in [3.63, 3.8) is 0 Å². The lowest BCUT2D eigenvalue weighted by Crippen LogP contribution is -2.56. The summed E-state index contributed by atoms with van der Waals surface area (Å²) in [4.78, 5) is 45.9. The largest absolute Gasteiger partial charge is 0.497 e. The van der Waals surface area contributed by atoms with Crippen LogP contribution in [-0.2, 0) is 23.2 Å². The predicted octanol–water partition coefficient (Wildman–Crippen LogP) is 3.91. The van der Waals surface area contributed by atoms with Crippen LogP contribution in [0.3, 0.4) is 0 Å². The number of nitrogens with one attached hydrogen (secondary N) is 1. The first kappa shape index (κ1) is 30.9. The topological polar surface area (TPSA) is 92.1 Å². The molecule has 0 radical (unpaired) electrons. The molecule has 6 rings (SSSR count). The van der Waals surface area contributed by atoms with Gasteiger partial charge in [-0.05, 0) is 54.4 Å². The van der Waals surface area contributed by atoms with Gasteiger partial charge < -0.3 is 19.8 Å². The zero-order valence-electron chi connectivity index (χ0n) is 28.7. The number of hydrogen-bond donors (Lipinski definition) is 1. The van der Waals surface area contributed by atoms with Crippen LogP contribution >= 0.6 is 0 Å². The maximum Gasteiger partial charge on any atom is 0.329 e. The van der Waals surface area contributed by atoms with Crippen LogP contribution in [0, 0.1) is 17.2 Å². The summed E-state index contributed by atoms with van der Waals surface area (Å²) in [6.45, 7) is 11.6. The number of piperidine rings is 2. The van der Waals surface area contributed by atoms with Crippen LogP contribution in [0.1, 0.15) is 58.1 Å². The minimum Gasteiger partial charge on any atom is -0.497 e. The molecular weight excluding hydrogens is 587 g/mol. The number of amides is 2. The quantitative estimate of drug-likeness (QED) is 0.394. The fraction of sp³-hybridized carbons (Fsp3) is 0.571. The summed E-state index contributed by atoms with van der Waals surface area (Å²) in [5, 5.41) is 1.74. The fourth-order valence-electron chi connectivity index (χ4n) is 7.24. The number of benzene rings is 2.